The van der Waals surface area contributed by atoms with Crippen LogP contribution in [0.1, 0.15) is 352 Å². The predicted octanol–water partition coefficient (Wildman–Crippen LogP) is 20.9. The van der Waals surface area contributed by atoms with E-state index < -0.39 is 53.9 Å². The Morgan fingerprint density at radius 2 is 0.473 bits per heavy atom. The van der Waals surface area contributed by atoms with Crippen molar-refractivity contribution in [3.63, 3.8) is 0 Å². The molecule has 0 fully saturated rings. The van der Waals surface area contributed by atoms with Crippen molar-refractivity contribution in [3.05, 3.63) is 107 Å². The van der Waals surface area contributed by atoms with Crippen molar-refractivity contribution in [2.45, 2.75) is 320 Å². The second kappa shape index (κ2) is 61.9. The molecule has 0 N–H and O–H groups in total. The standard InChI is InChI=1S/2C38H62O7S.Ca/c2*1-3-5-7-9-11-13-15-17-19-21-23-25-27-31-44-37(39)35-30-29-34(46(41,42)43)33-36(35)38(40)45-32-28-26-24-22-20-18-16-14-12-10-8-6-4-2;/h2*15-18,29-30,33H,3-14,19-28,31-32H2,1-2H3,(H,41,42,43);/q;;+2/p-2/b2*17-15+,18-16+;. The summed E-state index contributed by atoms with van der Waals surface area (Å²) in [5.74, 6) is -3.16. The van der Waals surface area contributed by atoms with Gasteiger partial charge in [-0.2, -0.15) is 0 Å². The van der Waals surface area contributed by atoms with Gasteiger partial charge in [-0.1, -0.05) is 230 Å². The van der Waals surface area contributed by atoms with E-state index in [1.54, 1.807) is 0 Å². The number of hydrogen-bond acceptors (Lipinski definition) is 14. The van der Waals surface area contributed by atoms with Crippen molar-refractivity contribution in [1.82, 2.24) is 0 Å². The molecule has 93 heavy (non-hydrogen) atoms. The fourth-order valence-electron chi connectivity index (χ4n) is 10.3. The molecule has 14 nitrogen and oxygen atoms in total. The molecule has 0 amide bonds. The fourth-order valence-corrected chi connectivity index (χ4v) is 11.3. The number of ether oxygens (including phenoxy) is 4. The minimum Gasteiger partial charge on any atom is -0.744 e. The van der Waals surface area contributed by atoms with Crippen LogP contribution >= 0.6 is 0 Å². The van der Waals surface area contributed by atoms with Gasteiger partial charge in [-0.3, -0.25) is 0 Å². The third-order valence-corrected chi connectivity index (χ3v) is 17.7. The van der Waals surface area contributed by atoms with Crippen LogP contribution in [0.25, 0.3) is 0 Å². The summed E-state index contributed by atoms with van der Waals surface area (Å²) in [5.41, 5.74) is -0.735. The Hall–Kier alpha value is -3.64. The Labute approximate surface area is 595 Å². The Morgan fingerprint density at radius 1 is 0.290 bits per heavy atom. The van der Waals surface area contributed by atoms with E-state index in [0.29, 0.717) is 25.7 Å². The van der Waals surface area contributed by atoms with E-state index in [1.807, 2.05) is 0 Å². The van der Waals surface area contributed by atoms with Crippen LogP contribution in [0.5, 0.6) is 0 Å². The van der Waals surface area contributed by atoms with Crippen LogP contribution in [0.3, 0.4) is 0 Å². The van der Waals surface area contributed by atoms with Gasteiger partial charge in [0.15, 0.2) is 0 Å². The smallest absolute Gasteiger partial charge is 0.744 e. The Kier molecular flexibility index (Phi) is 59.5. The Morgan fingerprint density at radius 3 is 0.667 bits per heavy atom. The molecule has 0 bridgehead atoms. The molecule has 0 aliphatic carbocycles. The molecule has 0 radical (unpaired) electrons. The van der Waals surface area contributed by atoms with E-state index in [0.717, 1.165) is 165 Å². The molecule has 0 unspecified atom stereocenters. The molecule has 0 atom stereocenters. The molecule has 17 heteroatoms. The first-order valence-electron chi connectivity index (χ1n) is 36.1. The second-order valence-corrected chi connectivity index (χ2v) is 27.1. The van der Waals surface area contributed by atoms with Gasteiger partial charge in [-0.05, 0) is 165 Å². The third-order valence-electron chi connectivity index (χ3n) is 16.0. The number of rotatable bonds is 58. The number of unbranched alkanes of at least 4 members (excludes halogenated alkanes) is 36. The van der Waals surface area contributed by atoms with E-state index >= 15 is 0 Å². The van der Waals surface area contributed by atoms with Gasteiger partial charge >= 0.3 is 61.6 Å². The number of hydrogen-bond donors (Lipinski definition) is 0. The van der Waals surface area contributed by atoms with Crippen LogP contribution < -0.4 is 0 Å². The molecule has 0 aromatic heterocycles. The van der Waals surface area contributed by atoms with Crippen molar-refractivity contribution in [2.24, 2.45) is 0 Å². The van der Waals surface area contributed by atoms with E-state index in [2.05, 4.69) is 76.3 Å². The van der Waals surface area contributed by atoms with Crippen molar-refractivity contribution in [2.75, 3.05) is 26.4 Å². The summed E-state index contributed by atoms with van der Waals surface area (Å²) in [6, 6.07) is 6.17. The molecule has 0 aliphatic rings. The number of carbonyl (C=O) groups is 4. The first-order valence-corrected chi connectivity index (χ1v) is 38.9. The van der Waals surface area contributed by atoms with Crippen LogP contribution in [-0.4, -0.2) is 114 Å². The van der Waals surface area contributed by atoms with Gasteiger partial charge in [0, 0.05) is 0 Å². The Bertz CT molecular complexity index is 2400. The number of esters is 4. The van der Waals surface area contributed by atoms with E-state index in [9.17, 15) is 45.1 Å². The maximum absolute atomic E-state index is 12.8. The zero-order chi connectivity index (χ0) is 67.4. The van der Waals surface area contributed by atoms with Crippen LogP contribution in [0.4, 0.5) is 0 Å². The molecule has 524 valence electrons. The van der Waals surface area contributed by atoms with Crippen molar-refractivity contribution < 1.29 is 64.1 Å². The maximum Gasteiger partial charge on any atom is 2.00 e. The van der Waals surface area contributed by atoms with Crippen LogP contribution in [0.15, 0.2) is 94.8 Å². The normalized spacial score (nSPS) is 11.8. The Balaban J connectivity index is 0.00000180. The van der Waals surface area contributed by atoms with Gasteiger partial charge in [0.05, 0.1) is 58.5 Å². The molecular weight excluding hydrogens is 1240 g/mol. The van der Waals surface area contributed by atoms with Gasteiger partial charge in [0.2, 0.25) is 0 Å². The van der Waals surface area contributed by atoms with Gasteiger partial charge in [-0.25, -0.2) is 36.0 Å². The van der Waals surface area contributed by atoms with E-state index in [-0.39, 0.29) is 86.4 Å². The average Bonchev–Trinajstić information content (AvgIpc) is 0.860. The first kappa shape index (κ1) is 89.4. The molecule has 2 rings (SSSR count). The summed E-state index contributed by atoms with van der Waals surface area (Å²) in [6.45, 7) is 9.57. The van der Waals surface area contributed by atoms with Gasteiger partial charge in [0.25, 0.3) is 0 Å². The summed E-state index contributed by atoms with van der Waals surface area (Å²) >= 11 is 0. The average molecular weight is 1360 g/mol. The summed E-state index contributed by atoms with van der Waals surface area (Å²) in [7, 11) is -9.63. The topological polar surface area (TPSA) is 220 Å². The van der Waals surface area contributed by atoms with E-state index in [1.165, 1.54) is 128 Å². The van der Waals surface area contributed by atoms with Crippen molar-refractivity contribution >= 4 is 81.9 Å². The number of allylic oxidation sites excluding steroid dienone is 8. The van der Waals surface area contributed by atoms with Crippen molar-refractivity contribution in [1.29, 1.82) is 0 Å². The van der Waals surface area contributed by atoms with Gasteiger partial charge in [-0.15, -0.1) is 0 Å². The molecular formula is C76H122CaO14S2. The zero-order valence-corrected chi connectivity index (χ0v) is 62.1. The summed E-state index contributed by atoms with van der Waals surface area (Å²) in [6.07, 6.45) is 67.3. The first-order chi connectivity index (χ1) is 44.6. The van der Waals surface area contributed by atoms with Crippen molar-refractivity contribution in [3.8, 4) is 0 Å². The third kappa shape index (κ3) is 50.4. The minimum atomic E-state index is -4.81. The van der Waals surface area contributed by atoms with E-state index in [4.69, 9.17) is 18.9 Å². The predicted molar refractivity (Wildman–Crippen MR) is 378 cm³/mol. The number of benzene rings is 2. The summed E-state index contributed by atoms with van der Waals surface area (Å²) < 4.78 is 90.9. The SMILES string of the molecule is CCCCCCC/C=C/CCCCCCOC(=O)c1ccc(S(=O)(=O)[O-])cc1C(=O)OCCCCCC/C=C/CCCCCCC.CCCCCCC/C=C/CCCCCCOC(=O)c1ccc(S(=O)(=O)[O-])cc1C(=O)OCCCCCC/C=C/CCCCCCC.[Ca+2]. The molecule has 2 aromatic carbocycles. The van der Waals surface area contributed by atoms with Gasteiger partial charge < -0.3 is 28.1 Å². The van der Waals surface area contributed by atoms with Crippen LogP contribution in [-0.2, 0) is 39.2 Å². The number of carbonyl (C=O) groups excluding carboxylic acids is 4. The summed E-state index contributed by atoms with van der Waals surface area (Å²) in [5, 5.41) is 0. The fraction of sp³-hybridized carbons (Fsp3) is 0.684. The quantitative estimate of drug-likeness (QED) is 0.0150. The van der Waals surface area contributed by atoms with Crippen LogP contribution in [0.2, 0.25) is 0 Å². The maximum atomic E-state index is 12.8. The molecule has 2 aromatic rings. The van der Waals surface area contributed by atoms with Crippen LogP contribution in [0, 0.1) is 0 Å². The summed E-state index contributed by atoms with van der Waals surface area (Å²) in [4.78, 5) is 50.0. The molecule has 0 saturated heterocycles. The molecule has 0 aliphatic heterocycles. The zero-order valence-electron chi connectivity index (χ0n) is 58.3. The van der Waals surface area contributed by atoms with Gasteiger partial charge in [0.1, 0.15) is 20.2 Å². The monoisotopic (exact) mass is 1360 g/mol. The molecule has 0 spiro atoms. The minimum absolute atomic E-state index is 0. The largest absolute Gasteiger partial charge is 2.00 e. The molecule has 0 heterocycles. The second-order valence-electron chi connectivity index (χ2n) is 24.4. The molecule has 0 saturated carbocycles.